The van der Waals surface area contributed by atoms with E-state index in [1.807, 2.05) is 6.07 Å². The second-order valence-corrected chi connectivity index (χ2v) is 4.69. The van der Waals surface area contributed by atoms with E-state index < -0.39 is 0 Å². The molecule has 3 atom stereocenters. The van der Waals surface area contributed by atoms with Crippen molar-refractivity contribution in [2.24, 2.45) is 5.92 Å². The summed E-state index contributed by atoms with van der Waals surface area (Å²) in [6.07, 6.45) is 1.38. The van der Waals surface area contributed by atoms with E-state index in [1.165, 1.54) is 31.6 Å². The van der Waals surface area contributed by atoms with Gasteiger partial charge in [0.2, 0.25) is 0 Å². The molecule has 0 saturated carbocycles. The van der Waals surface area contributed by atoms with E-state index in [4.69, 9.17) is 4.74 Å². The Hall–Kier alpha value is -1.02. The molecule has 2 saturated heterocycles. The zero-order valence-corrected chi connectivity index (χ0v) is 9.15. The smallest absolute Gasteiger partial charge is 0.119 e. The minimum absolute atomic E-state index is 0.744. The number of hydrogen-bond acceptors (Lipinski definition) is 2. The predicted molar refractivity (Wildman–Crippen MR) is 60.3 cm³/mol. The van der Waals surface area contributed by atoms with Gasteiger partial charge in [-0.05, 0) is 36.6 Å². The van der Waals surface area contributed by atoms with Gasteiger partial charge in [0.05, 0.1) is 7.11 Å². The zero-order chi connectivity index (χ0) is 10.3. The van der Waals surface area contributed by atoms with Crippen LogP contribution in [0.1, 0.15) is 17.9 Å². The molecule has 2 heteroatoms. The number of methoxy groups -OCH3 is 1. The van der Waals surface area contributed by atoms with Crippen molar-refractivity contribution < 1.29 is 4.74 Å². The molecule has 0 N–H and O–H groups in total. The molecule has 0 aromatic heterocycles. The topological polar surface area (TPSA) is 12.5 Å². The Labute approximate surface area is 90.8 Å². The Balaban J connectivity index is 1.86. The van der Waals surface area contributed by atoms with Gasteiger partial charge in [0.1, 0.15) is 5.75 Å². The summed E-state index contributed by atoms with van der Waals surface area (Å²) in [7, 11) is 1.74. The molecule has 2 bridgehead atoms. The Kier molecular flexibility index (Phi) is 2.17. The van der Waals surface area contributed by atoms with Crippen molar-refractivity contribution in [3.63, 3.8) is 0 Å². The van der Waals surface area contributed by atoms with Crippen molar-refractivity contribution in [1.29, 1.82) is 0 Å². The number of rotatable bonds is 2. The minimum atomic E-state index is 0.744. The summed E-state index contributed by atoms with van der Waals surface area (Å²) in [5, 5.41) is 0. The molecule has 80 valence electrons. The summed E-state index contributed by atoms with van der Waals surface area (Å²) in [6, 6.07) is 8.58. The number of ether oxygens (including phenoxy) is 1. The Morgan fingerprint density at radius 1 is 1.33 bits per heavy atom. The van der Waals surface area contributed by atoms with Crippen molar-refractivity contribution in [3.8, 4) is 5.75 Å². The van der Waals surface area contributed by atoms with Gasteiger partial charge in [-0.1, -0.05) is 12.1 Å². The van der Waals surface area contributed by atoms with E-state index in [9.17, 15) is 0 Å². The van der Waals surface area contributed by atoms with E-state index >= 15 is 0 Å². The number of hydrogen-bond donors (Lipinski definition) is 0. The van der Waals surface area contributed by atoms with Crippen molar-refractivity contribution in [2.45, 2.75) is 12.3 Å². The Morgan fingerprint density at radius 2 is 2.27 bits per heavy atom. The maximum Gasteiger partial charge on any atom is 0.119 e. The van der Waals surface area contributed by atoms with Gasteiger partial charge >= 0.3 is 0 Å². The Bertz CT molecular complexity index is 363. The van der Waals surface area contributed by atoms with Crippen LogP contribution in [0, 0.1) is 5.92 Å². The van der Waals surface area contributed by atoms with E-state index in [-0.39, 0.29) is 0 Å². The highest BCUT2D eigenvalue weighted by Crippen LogP contribution is 2.40. The van der Waals surface area contributed by atoms with Gasteiger partial charge in [-0.2, -0.15) is 0 Å². The fraction of sp³-hybridized carbons (Fsp3) is 0.538. The maximum atomic E-state index is 5.28. The largest absolute Gasteiger partial charge is 0.497 e. The highest BCUT2D eigenvalue weighted by molar-refractivity contribution is 5.32. The van der Waals surface area contributed by atoms with Crippen LogP contribution >= 0.6 is 0 Å². The zero-order valence-electron chi connectivity index (χ0n) is 9.15. The summed E-state index contributed by atoms with van der Waals surface area (Å²) in [5.41, 5.74) is 1.46. The van der Waals surface area contributed by atoms with Gasteiger partial charge < -0.3 is 9.64 Å². The standard InChI is InChI=1S/C13H17NO/c1-15-12-4-2-3-10(7-12)13-9-14-6-5-11(13)8-14/h2-4,7,11,13H,5-6,8-9H2,1H3. The van der Waals surface area contributed by atoms with Gasteiger partial charge in [-0.25, -0.2) is 0 Å². The molecule has 2 nitrogen and oxygen atoms in total. The molecular weight excluding hydrogens is 186 g/mol. The molecule has 0 aliphatic carbocycles. The summed E-state index contributed by atoms with van der Waals surface area (Å²) in [4.78, 5) is 2.58. The lowest BCUT2D eigenvalue weighted by molar-refractivity contribution is 0.345. The average Bonchev–Trinajstić information content (AvgIpc) is 2.91. The third-order valence-electron chi connectivity index (χ3n) is 3.85. The fourth-order valence-electron chi connectivity index (χ4n) is 3.03. The summed E-state index contributed by atoms with van der Waals surface area (Å²) >= 11 is 0. The van der Waals surface area contributed by atoms with Crippen LogP contribution in [-0.2, 0) is 0 Å². The van der Waals surface area contributed by atoms with Crippen LogP contribution in [0.2, 0.25) is 0 Å². The third kappa shape index (κ3) is 1.53. The second kappa shape index (κ2) is 3.53. The van der Waals surface area contributed by atoms with Crippen molar-refractivity contribution in [1.82, 2.24) is 4.90 Å². The van der Waals surface area contributed by atoms with Gasteiger partial charge in [-0.15, -0.1) is 0 Å². The molecule has 0 radical (unpaired) electrons. The van der Waals surface area contributed by atoms with Crippen LogP contribution in [0.3, 0.4) is 0 Å². The molecule has 15 heavy (non-hydrogen) atoms. The van der Waals surface area contributed by atoms with Gasteiger partial charge in [-0.3, -0.25) is 0 Å². The van der Waals surface area contributed by atoms with E-state index in [1.54, 1.807) is 7.11 Å². The van der Waals surface area contributed by atoms with Gasteiger partial charge in [0, 0.05) is 19.0 Å². The van der Waals surface area contributed by atoms with Crippen LogP contribution in [0.4, 0.5) is 0 Å². The average molecular weight is 203 g/mol. The van der Waals surface area contributed by atoms with Crippen LogP contribution < -0.4 is 4.74 Å². The SMILES string of the molecule is COc1cccc(C2CN3CCC2C3)c1. The molecule has 0 spiro atoms. The predicted octanol–water partition coefficient (Wildman–Crippen LogP) is 2.11. The monoisotopic (exact) mass is 203 g/mol. The van der Waals surface area contributed by atoms with E-state index in [2.05, 4.69) is 23.1 Å². The number of piperidine rings is 1. The van der Waals surface area contributed by atoms with Crippen LogP contribution in [0.15, 0.2) is 24.3 Å². The second-order valence-electron chi connectivity index (χ2n) is 4.69. The van der Waals surface area contributed by atoms with Crippen LogP contribution in [0.25, 0.3) is 0 Å². The molecule has 2 aliphatic rings. The Morgan fingerprint density at radius 3 is 2.93 bits per heavy atom. The third-order valence-corrected chi connectivity index (χ3v) is 3.85. The summed E-state index contributed by atoms with van der Waals surface area (Å²) < 4.78 is 5.28. The summed E-state index contributed by atoms with van der Waals surface area (Å²) in [5.74, 6) is 2.62. The molecule has 2 fully saturated rings. The number of fused-ring (bicyclic) bond motifs is 2. The van der Waals surface area contributed by atoms with Crippen LogP contribution in [0.5, 0.6) is 5.75 Å². The minimum Gasteiger partial charge on any atom is -0.497 e. The van der Waals surface area contributed by atoms with Crippen molar-refractivity contribution >= 4 is 0 Å². The quantitative estimate of drug-likeness (QED) is 0.730. The molecule has 0 amide bonds. The molecular formula is C13H17NO. The lowest BCUT2D eigenvalue weighted by Gasteiger charge is -2.22. The van der Waals surface area contributed by atoms with Crippen LogP contribution in [-0.4, -0.2) is 31.6 Å². The molecule has 3 rings (SSSR count). The molecule has 1 aromatic carbocycles. The normalized spacial score (nSPS) is 33.3. The fourth-order valence-corrected chi connectivity index (χ4v) is 3.03. The highest BCUT2D eigenvalue weighted by atomic mass is 16.5. The number of nitrogens with zero attached hydrogens (tertiary/aromatic N) is 1. The number of benzene rings is 1. The first-order chi connectivity index (χ1) is 7.36. The molecule has 2 heterocycles. The molecule has 1 aromatic rings. The van der Waals surface area contributed by atoms with E-state index in [0.717, 1.165) is 17.6 Å². The molecule has 2 aliphatic heterocycles. The maximum absolute atomic E-state index is 5.28. The lowest BCUT2D eigenvalue weighted by Crippen LogP contribution is -2.22. The van der Waals surface area contributed by atoms with E-state index in [0.29, 0.717) is 0 Å². The summed E-state index contributed by atoms with van der Waals surface area (Å²) in [6.45, 7) is 3.87. The van der Waals surface area contributed by atoms with Crippen molar-refractivity contribution in [2.75, 3.05) is 26.7 Å². The lowest BCUT2D eigenvalue weighted by atomic mass is 9.86. The van der Waals surface area contributed by atoms with Crippen molar-refractivity contribution in [3.05, 3.63) is 29.8 Å². The first-order valence-electron chi connectivity index (χ1n) is 5.73. The highest BCUT2D eigenvalue weighted by Gasteiger charge is 2.38. The molecule has 3 unspecified atom stereocenters. The van der Waals surface area contributed by atoms with Gasteiger partial charge in [0.25, 0.3) is 0 Å². The first-order valence-corrected chi connectivity index (χ1v) is 5.73. The van der Waals surface area contributed by atoms with Gasteiger partial charge in [0.15, 0.2) is 0 Å². The first kappa shape index (κ1) is 9.22.